The van der Waals surface area contributed by atoms with Crippen molar-refractivity contribution < 1.29 is 14.3 Å². The fourth-order valence-electron chi connectivity index (χ4n) is 1.67. The minimum absolute atomic E-state index is 0.113. The molecule has 4 heteroatoms. The molecule has 1 heterocycles. The van der Waals surface area contributed by atoms with Gasteiger partial charge in [-0.1, -0.05) is 18.2 Å². The van der Waals surface area contributed by atoms with Gasteiger partial charge < -0.3 is 14.8 Å². The summed E-state index contributed by atoms with van der Waals surface area (Å²) in [6.07, 6.45) is 1.34. The number of amides is 1. The number of benzene rings is 1. The first-order chi connectivity index (χ1) is 8.16. The lowest BCUT2D eigenvalue weighted by Crippen LogP contribution is -2.31. The Morgan fingerprint density at radius 3 is 3.00 bits per heavy atom. The number of hydrogen-bond donors (Lipinski definition) is 2. The number of rotatable bonds is 4. The van der Waals surface area contributed by atoms with E-state index in [2.05, 4.69) is 5.32 Å². The number of nitrogens with one attached hydrogen (secondary N) is 1. The highest BCUT2D eigenvalue weighted by molar-refractivity contribution is 5.87. The highest BCUT2D eigenvalue weighted by atomic mass is 16.3. The topological polar surface area (TPSA) is 62.5 Å². The summed E-state index contributed by atoms with van der Waals surface area (Å²) in [6.45, 7) is 1.90. The molecule has 2 aromatic rings. The molecular weight excluding hydrogens is 218 g/mol. The zero-order valence-electron chi connectivity index (χ0n) is 9.64. The molecule has 0 fully saturated rings. The fraction of sp³-hybridized carbons (Fsp3) is 0.308. The Labute approximate surface area is 99.2 Å². The molecule has 17 heavy (non-hydrogen) atoms. The maximum Gasteiger partial charge on any atom is 0.224 e. The van der Waals surface area contributed by atoms with E-state index < -0.39 is 6.10 Å². The summed E-state index contributed by atoms with van der Waals surface area (Å²) in [6, 6.07) is 7.60. The third-order valence-electron chi connectivity index (χ3n) is 2.51. The minimum atomic E-state index is -0.528. The number of hydrogen-bond acceptors (Lipinski definition) is 3. The Kier molecular flexibility index (Phi) is 3.44. The Bertz CT molecular complexity index is 516. The van der Waals surface area contributed by atoms with Gasteiger partial charge in [-0.25, -0.2) is 0 Å². The van der Waals surface area contributed by atoms with Crippen molar-refractivity contribution in [3.63, 3.8) is 0 Å². The van der Waals surface area contributed by atoms with Crippen molar-refractivity contribution in [1.82, 2.24) is 5.32 Å². The molecule has 0 saturated heterocycles. The van der Waals surface area contributed by atoms with Gasteiger partial charge >= 0.3 is 0 Å². The first kappa shape index (κ1) is 11.7. The smallest absolute Gasteiger partial charge is 0.224 e. The number of furan rings is 1. The number of aliphatic hydroxyl groups is 1. The van der Waals surface area contributed by atoms with Crippen molar-refractivity contribution in [3.8, 4) is 0 Å². The van der Waals surface area contributed by atoms with Crippen LogP contribution < -0.4 is 5.32 Å². The monoisotopic (exact) mass is 233 g/mol. The molecule has 4 nitrogen and oxygen atoms in total. The first-order valence-electron chi connectivity index (χ1n) is 5.56. The molecule has 0 radical (unpaired) electrons. The normalized spacial score (nSPS) is 12.6. The third-order valence-corrected chi connectivity index (χ3v) is 2.51. The van der Waals surface area contributed by atoms with E-state index in [1.165, 1.54) is 0 Å². The highest BCUT2D eigenvalue weighted by Gasteiger charge is 2.10. The number of para-hydroxylation sites is 1. The van der Waals surface area contributed by atoms with E-state index in [-0.39, 0.29) is 18.9 Å². The van der Waals surface area contributed by atoms with Crippen LogP contribution in [-0.2, 0) is 11.2 Å². The van der Waals surface area contributed by atoms with Crippen LogP contribution in [0.2, 0.25) is 0 Å². The van der Waals surface area contributed by atoms with Gasteiger partial charge in [0.25, 0.3) is 0 Å². The average Bonchev–Trinajstić information content (AvgIpc) is 2.70. The molecule has 1 unspecified atom stereocenters. The lowest BCUT2D eigenvalue weighted by Gasteiger charge is -2.06. The van der Waals surface area contributed by atoms with E-state index in [9.17, 15) is 4.79 Å². The number of aliphatic hydroxyl groups excluding tert-OH is 1. The van der Waals surface area contributed by atoms with Gasteiger partial charge in [0.2, 0.25) is 5.91 Å². The van der Waals surface area contributed by atoms with Gasteiger partial charge in [0, 0.05) is 17.5 Å². The van der Waals surface area contributed by atoms with Crippen LogP contribution in [0, 0.1) is 0 Å². The van der Waals surface area contributed by atoms with Crippen molar-refractivity contribution in [3.05, 3.63) is 36.1 Å². The Balaban J connectivity index is 2.06. The van der Waals surface area contributed by atoms with Crippen LogP contribution in [0.15, 0.2) is 34.9 Å². The van der Waals surface area contributed by atoms with Crippen LogP contribution in [0.1, 0.15) is 12.5 Å². The average molecular weight is 233 g/mol. The van der Waals surface area contributed by atoms with E-state index in [1.54, 1.807) is 13.2 Å². The summed E-state index contributed by atoms with van der Waals surface area (Å²) in [7, 11) is 0. The van der Waals surface area contributed by atoms with Crippen LogP contribution in [0.3, 0.4) is 0 Å². The maximum atomic E-state index is 11.6. The zero-order valence-corrected chi connectivity index (χ0v) is 9.64. The van der Waals surface area contributed by atoms with Crippen LogP contribution in [0.25, 0.3) is 11.0 Å². The molecular formula is C13H15NO3. The molecule has 0 aliphatic heterocycles. The lowest BCUT2D eigenvalue weighted by molar-refractivity contribution is -0.120. The van der Waals surface area contributed by atoms with Crippen LogP contribution in [0.5, 0.6) is 0 Å². The summed E-state index contributed by atoms with van der Waals surface area (Å²) in [5, 5.41) is 12.7. The fourth-order valence-corrected chi connectivity index (χ4v) is 1.67. The van der Waals surface area contributed by atoms with Gasteiger partial charge in [-0.3, -0.25) is 4.79 Å². The first-order valence-corrected chi connectivity index (χ1v) is 5.56. The summed E-state index contributed by atoms with van der Waals surface area (Å²) >= 11 is 0. The highest BCUT2D eigenvalue weighted by Crippen LogP contribution is 2.20. The minimum Gasteiger partial charge on any atom is -0.464 e. The summed E-state index contributed by atoms with van der Waals surface area (Å²) < 4.78 is 5.35. The molecule has 0 aliphatic carbocycles. The van der Waals surface area contributed by atoms with E-state index in [1.807, 2.05) is 24.3 Å². The molecule has 1 aromatic heterocycles. The second kappa shape index (κ2) is 5.01. The number of fused-ring (bicyclic) bond motifs is 1. The van der Waals surface area contributed by atoms with Gasteiger partial charge in [0.15, 0.2) is 0 Å². The SMILES string of the molecule is CC(O)CNC(=O)Cc1coc2ccccc12. The summed E-state index contributed by atoms with van der Waals surface area (Å²) in [4.78, 5) is 11.6. The van der Waals surface area contributed by atoms with Crippen LogP contribution >= 0.6 is 0 Å². The van der Waals surface area contributed by atoms with Crippen molar-refractivity contribution in [2.75, 3.05) is 6.54 Å². The van der Waals surface area contributed by atoms with Crippen LogP contribution in [-0.4, -0.2) is 23.7 Å². The molecule has 0 saturated carbocycles. The largest absolute Gasteiger partial charge is 0.464 e. The third kappa shape index (κ3) is 2.85. The van der Waals surface area contributed by atoms with Crippen molar-refractivity contribution in [2.24, 2.45) is 0 Å². The van der Waals surface area contributed by atoms with Crippen molar-refractivity contribution in [1.29, 1.82) is 0 Å². The van der Waals surface area contributed by atoms with Gasteiger partial charge in [-0.2, -0.15) is 0 Å². The molecule has 0 bridgehead atoms. The maximum absolute atomic E-state index is 11.6. The van der Waals surface area contributed by atoms with Crippen molar-refractivity contribution in [2.45, 2.75) is 19.4 Å². The van der Waals surface area contributed by atoms with Gasteiger partial charge in [-0.05, 0) is 13.0 Å². The summed E-state index contributed by atoms with van der Waals surface area (Å²) in [5.74, 6) is -0.113. The van der Waals surface area contributed by atoms with E-state index in [0.717, 1.165) is 16.5 Å². The van der Waals surface area contributed by atoms with E-state index in [0.29, 0.717) is 0 Å². The summed E-state index contributed by atoms with van der Waals surface area (Å²) in [5.41, 5.74) is 1.65. The predicted octanol–water partition coefficient (Wildman–Crippen LogP) is 1.47. The van der Waals surface area contributed by atoms with Gasteiger partial charge in [-0.15, -0.1) is 0 Å². The Hall–Kier alpha value is -1.81. The lowest BCUT2D eigenvalue weighted by atomic mass is 10.1. The molecule has 90 valence electrons. The second-order valence-electron chi connectivity index (χ2n) is 4.09. The molecule has 0 aliphatic rings. The number of carbonyl (C=O) groups excluding carboxylic acids is 1. The quantitative estimate of drug-likeness (QED) is 0.840. The Morgan fingerprint density at radius 2 is 2.24 bits per heavy atom. The van der Waals surface area contributed by atoms with E-state index in [4.69, 9.17) is 9.52 Å². The van der Waals surface area contributed by atoms with Gasteiger partial charge in [0.05, 0.1) is 18.8 Å². The second-order valence-corrected chi connectivity index (χ2v) is 4.09. The number of carbonyl (C=O) groups is 1. The molecule has 2 rings (SSSR count). The molecule has 1 amide bonds. The standard InChI is InChI=1S/C13H15NO3/c1-9(15)7-14-13(16)6-10-8-17-12-5-3-2-4-11(10)12/h2-5,8-9,15H,6-7H2,1H3,(H,14,16). The van der Waals surface area contributed by atoms with Crippen molar-refractivity contribution >= 4 is 16.9 Å². The molecule has 1 atom stereocenters. The van der Waals surface area contributed by atoms with E-state index >= 15 is 0 Å². The Morgan fingerprint density at radius 1 is 1.47 bits per heavy atom. The molecule has 2 N–H and O–H groups in total. The van der Waals surface area contributed by atoms with Gasteiger partial charge in [0.1, 0.15) is 5.58 Å². The molecule has 0 spiro atoms. The predicted molar refractivity (Wildman–Crippen MR) is 64.6 cm³/mol. The zero-order chi connectivity index (χ0) is 12.3. The molecule has 1 aromatic carbocycles. The van der Waals surface area contributed by atoms with Crippen LogP contribution in [0.4, 0.5) is 0 Å².